The van der Waals surface area contributed by atoms with Gasteiger partial charge in [0.25, 0.3) is 0 Å². The van der Waals surface area contributed by atoms with Crippen LogP contribution in [0.4, 0.5) is 20.2 Å². The zero-order chi connectivity index (χ0) is 43.2. The number of methoxy groups -OCH3 is 1. The maximum absolute atomic E-state index is 14.6. The van der Waals surface area contributed by atoms with E-state index in [0.717, 1.165) is 21.6 Å². The summed E-state index contributed by atoms with van der Waals surface area (Å²) < 4.78 is 16.9. The third kappa shape index (κ3) is 10.6. The number of nitrogens with zero attached hydrogens (tertiary/aromatic N) is 5. The Morgan fingerprint density at radius 2 is 1.50 bits per heavy atom. The minimum Gasteiger partial charge on any atom is -0.497 e. The highest BCUT2D eigenvalue weighted by Gasteiger charge is 2.57. The highest BCUT2D eigenvalue weighted by atomic mass is 16.6. The number of pyridine rings is 1. The lowest BCUT2D eigenvalue weighted by Gasteiger charge is -2.49. The standard InChI is InChI=1S/C46H54N6O8/c1-45(2,3)48-42(55)49-24-25-50(37(29-49)34-16-12-9-13-17-34)43(56)52-39(41(54)59-30-32-14-10-8-11-15-32)36(40(52)53)26-33-22-23-47-38(27-33)51(44(57)60-46(4,5)6)28-31-18-20-35(58-7)21-19-31/h8-23,27,36-37,39H,24-26,28-30H2,1-7H3,(H,48,55)/t36-,37?,39+/m1/s1. The van der Waals surface area contributed by atoms with Crippen molar-refractivity contribution in [2.45, 2.75) is 84.3 Å². The molecule has 2 fully saturated rings. The molecule has 3 atom stereocenters. The Bertz CT molecular complexity index is 2150. The van der Waals surface area contributed by atoms with E-state index in [1.54, 1.807) is 61.9 Å². The van der Waals surface area contributed by atoms with Crippen molar-refractivity contribution in [2.24, 2.45) is 5.92 Å². The van der Waals surface area contributed by atoms with Crippen molar-refractivity contribution in [3.05, 3.63) is 126 Å². The molecule has 2 saturated heterocycles. The van der Waals surface area contributed by atoms with Crippen LogP contribution in [0.25, 0.3) is 0 Å². The van der Waals surface area contributed by atoms with Gasteiger partial charge in [-0.2, -0.15) is 0 Å². The van der Waals surface area contributed by atoms with Crippen LogP contribution in [0.15, 0.2) is 103 Å². The molecule has 3 aromatic carbocycles. The number of hydrogen-bond donors (Lipinski definition) is 1. The van der Waals surface area contributed by atoms with E-state index in [9.17, 15) is 24.0 Å². The number of imide groups is 1. The number of anilines is 1. The maximum atomic E-state index is 14.6. The monoisotopic (exact) mass is 818 g/mol. The van der Waals surface area contributed by atoms with Crippen LogP contribution in [-0.2, 0) is 38.6 Å². The van der Waals surface area contributed by atoms with Gasteiger partial charge >= 0.3 is 24.1 Å². The predicted octanol–water partition coefficient (Wildman–Crippen LogP) is 7.13. The Balaban J connectivity index is 1.28. The minimum atomic E-state index is -1.25. The first kappa shape index (κ1) is 43.1. The number of ether oxygens (including phenoxy) is 3. The molecule has 14 nitrogen and oxygen atoms in total. The van der Waals surface area contributed by atoms with Gasteiger partial charge in [0.15, 0.2) is 6.04 Å². The number of benzene rings is 3. The Labute approximate surface area is 351 Å². The molecule has 6 rings (SSSR count). The maximum Gasteiger partial charge on any atom is 0.416 e. The molecule has 2 aliphatic heterocycles. The van der Waals surface area contributed by atoms with Crippen molar-refractivity contribution in [3.8, 4) is 5.75 Å². The molecule has 0 bridgehead atoms. The summed E-state index contributed by atoms with van der Waals surface area (Å²) in [7, 11) is 1.57. The summed E-state index contributed by atoms with van der Waals surface area (Å²) in [5.74, 6) is -1.28. The number of β-lactam (4-membered cyclic amide) rings is 1. The average molecular weight is 819 g/mol. The predicted molar refractivity (Wildman–Crippen MR) is 225 cm³/mol. The second-order valence-electron chi connectivity index (χ2n) is 17.0. The second-order valence-corrected chi connectivity index (χ2v) is 17.0. The number of carbonyl (C=O) groups excluding carboxylic acids is 5. The molecule has 0 saturated carbocycles. The number of likely N-dealkylation sites (tertiary alicyclic amines) is 1. The van der Waals surface area contributed by atoms with Crippen LogP contribution >= 0.6 is 0 Å². The van der Waals surface area contributed by atoms with Crippen molar-refractivity contribution in [2.75, 3.05) is 31.6 Å². The number of amides is 6. The van der Waals surface area contributed by atoms with Crippen molar-refractivity contribution < 1.29 is 38.2 Å². The molecule has 3 heterocycles. The summed E-state index contributed by atoms with van der Waals surface area (Å²) in [6.45, 7) is 11.6. The van der Waals surface area contributed by atoms with Gasteiger partial charge in [0, 0.05) is 31.4 Å². The number of aromatic nitrogens is 1. The molecule has 2 aliphatic rings. The number of esters is 1. The topological polar surface area (TPSA) is 151 Å². The normalized spacial score (nSPS) is 17.9. The Morgan fingerprint density at radius 3 is 2.13 bits per heavy atom. The number of nitrogens with one attached hydrogen (secondary N) is 1. The molecule has 6 amide bonds. The van der Waals surface area contributed by atoms with Crippen LogP contribution in [-0.4, -0.2) is 93.6 Å². The molecule has 4 aromatic rings. The van der Waals surface area contributed by atoms with Gasteiger partial charge in [-0.15, -0.1) is 0 Å². The van der Waals surface area contributed by atoms with Gasteiger partial charge in [-0.3, -0.25) is 9.69 Å². The Morgan fingerprint density at radius 1 is 0.833 bits per heavy atom. The average Bonchev–Trinajstić information content (AvgIpc) is 3.22. The molecule has 60 heavy (non-hydrogen) atoms. The van der Waals surface area contributed by atoms with E-state index in [0.29, 0.717) is 11.3 Å². The van der Waals surface area contributed by atoms with Gasteiger partial charge in [-0.25, -0.2) is 29.1 Å². The van der Waals surface area contributed by atoms with Gasteiger partial charge in [-0.1, -0.05) is 72.8 Å². The van der Waals surface area contributed by atoms with Crippen molar-refractivity contribution in [3.63, 3.8) is 0 Å². The third-order valence-corrected chi connectivity index (χ3v) is 10.1. The Kier molecular flexibility index (Phi) is 13.1. The second kappa shape index (κ2) is 18.2. The third-order valence-electron chi connectivity index (χ3n) is 10.1. The summed E-state index contributed by atoms with van der Waals surface area (Å²) >= 11 is 0. The lowest BCUT2D eigenvalue weighted by molar-refractivity contribution is -0.171. The molecule has 14 heteroatoms. The number of hydrogen-bond acceptors (Lipinski definition) is 9. The zero-order valence-electron chi connectivity index (χ0n) is 35.3. The van der Waals surface area contributed by atoms with E-state index < -0.39 is 53.1 Å². The summed E-state index contributed by atoms with van der Waals surface area (Å²) in [6.07, 6.45) is 0.965. The first-order valence-electron chi connectivity index (χ1n) is 20.1. The van der Waals surface area contributed by atoms with Gasteiger partial charge in [-0.05, 0) is 94.5 Å². The van der Waals surface area contributed by atoms with Crippen molar-refractivity contribution in [1.29, 1.82) is 0 Å². The van der Waals surface area contributed by atoms with E-state index in [4.69, 9.17) is 14.2 Å². The molecule has 0 spiro atoms. The lowest BCUT2D eigenvalue weighted by Crippen LogP contribution is -2.70. The van der Waals surface area contributed by atoms with Crippen molar-refractivity contribution in [1.82, 2.24) is 25.0 Å². The lowest BCUT2D eigenvalue weighted by atomic mass is 9.82. The largest absolute Gasteiger partial charge is 0.497 e. The van der Waals surface area contributed by atoms with Crippen LogP contribution in [0, 0.1) is 5.92 Å². The smallest absolute Gasteiger partial charge is 0.416 e. The molecule has 1 aromatic heterocycles. The summed E-state index contributed by atoms with van der Waals surface area (Å²) in [5, 5.41) is 3.00. The van der Waals surface area contributed by atoms with Crippen LogP contribution in [0.3, 0.4) is 0 Å². The minimum absolute atomic E-state index is 0.0524. The fraction of sp³-hybridized carbons (Fsp3) is 0.391. The first-order chi connectivity index (χ1) is 28.5. The number of carbonyl (C=O) groups is 5. The summed E-state index contributed by atoms with van der Waals surface area (Å²) in [5.41, 5.74) is 1.66. The molecule has 0 aliphatic carbocycles. The highest BCUT2D eigenvalue weighted by Crippen LogP contribution is 2.36. The molecule has 1 unspecified atom stereocenters. The van der Waals surface area contributed by atoms with E-state index in [-0.39, 0.29) is 51.1 Å². The summed E-state index contributed by atoms with van der Waals surface area (Å²) in [4.78, 5) is 80.1. The quantitative estimate of drug-likeness (QED) is 0.130. The fourth-order valence-electron chi connectivity index (χ4n) is 7.20. The number of rotatable bonds is 10. The molecule has 1 N–H and O–H groups in total. The highest BCUT2D eigenvalue weighted by molar-refractivity contribution is 6.08. The van der Waals surface area contributed by atoms with Crippen LogP contribution < -0.4 is 15.0 Å². The zero-order valence-corrected chi connectivity index (χ0v) is 35.3. The molecule has 316 valence electrons. The summed E-state index contributed by atoms with van der Waals surface area (Å²) in [6, 6.07) is 26.4. The van der Waals surface area contributed by atoms with Crippen LogP contribution in [0.2, 0.25) is 0 Å². The number of urea groups is 2. The van der Waals surface area contributed by atoms with Gasteiger partial charge in [0.2, 0.25) is 5.91 Å². The van der Waals surface area contributed by atoms with Gasteiger partial charge in [0.05, 0.1) is 25.6 Å². The SMILES string of the molecule is COc1ccc(CN(C(=O)OC(C)(C)C)c2cc(C[C@H]3C(=O)N(C(=O)N4CCN(C(=O)NC(C)(C)C)CC4c4ccccc4)[C@@H]3C(=O)OCc3ccccc3)ccn2)cc1. The van der Waals surface area contributed by atoms with Crippen molar-refractivity contribution >= 4 is 35.8 Å². The molecular weight excluding hydrogens is 765 g/mol. The fourth-order valence-corrected chi connectivity index (χ4v) is 7.20. The molecular formula is C46H54N6O8. The first-order valence-corrected chi connectivity index (χ1v) is 20.1. The van der Waals surface area contributed by atoms with Gasteiger partial charge < -0.3 is 29.3 Å². The van der Waals surface area contributed by atoms with Crippen LogP contribution in [0.5, 0.6) is 5.75 Å². The van der Waals surface area contributed by atoms with Gasteiger partial charge in [0.1, 0.15) is 23.8 Å². The van der Waals surface area contributed by atoms with E-state index in [2.05, 4.69) is 10.3 Å². The van der Waals surface area contributed by atoms with Crippen LogP contribution in [0.1, 0.15) is 69.8 Å². The molecule has 0 radical (unpaired) electrons. The Hall–Kier alpha value is -6.44. The number of piperazine rings is 1. The van der Waals surface area contributed by atoms with E-state index in [1.807, 2.05) is 93.6 Å². The van der Waals surface area contributed by atoms with E-state index in [1.165, 1.54) is 11.1 Å². The van der Waals surface area contributed by atoms with E-state index >= 15 is 0 Å².